The summed E-state index contributed by atoms with van der Waals surface area (Å²) in [6.45, 7) is 12.8. The summed E-state index contributed by atoms with van der Waals surface area (Å²) < 4.78 is 24.7. The fraction of sp³-hybridized carbons (Fsp3) is 0.548. The van der Waals surface area contributed by atoms with Gasteiger partial charge in [0.1, 0.15) is 25.0 Å². The molecule has 0 saturated carbocycles. The number of carbonyl (C=O) groups is 2. The van der Waals surface area contributed by atoms with Crippen molar-refractivity contribution in [1.82, 2.24) is 24.8 Å². The van der Waals surface area contributed by atoms with E-state index in [-0.39, 0.29) is 43.5 Å². The molecule has 12 heteroatoms. The first-order valence-corrected chi connectivity index (χ1v) is 18.6. The smallest absolute Gasteiger partial charge is 0.410 e. The molecule has 1 aliphatic rings. The highest BCUT2D eigenvalue weighted by Gasteiger charge is 2.31. The molecular formula is C31H45N5O6Si. The Morgan fingerprint density at radius 1 is 1.19 bits per heavy atom. The monoisotopic (exact) mass is 611 g/mol. The molecule has 3 heterocycles. The fourth-order valence-electron chi connectivity index (χ4n) is 4.97. The van der Waals surface area contributed by atoms with Crippen molar-refractivity contribution < 1.29 is 28.5 Å². The Hall–Kier alpha value is -3.48. The first kappa shape index (κ1) is 32.4. The average Bonchev–Trinajstić information content (AvgIpc) is 3.32. The number of aromatic nitrogens is 3. The molecule has 1 N–H and O–H groups in total. The van der Waals surface area contributed by atoms with E-state index in [1.54, 1.807) is 24.4 Å². The Morgan fingerprint density at radius 2 is 1.95 bits per heavy atom. The van der Waals surface area contributed by atoms with Crippen molar-refractivity contribution in [2.75, 3.05) is 26.9 Å². The third kappa shape index (κ3) is 9.25. The van der Waals surface area contributed by atoms with Crippen molar-refractivity contribution in [3.8, 4) is 5.88 Å². The van der Waals surface area contributed by atoms with Crippen LogP contribution in [0.15, 0.2) is 42.7 Å². The molecule has 43 heavy (non-hydrogen) atoms. The van der Waals surface area contributed by atoms with Gasteiger partial charge in [0, 0.05) is 59.5 Å². The third-order valence-electron chi connectivity index (χ3n) is 7.36. The molecule has 0 bridgehead atoms. The zero-order chi connectivity index (χ0) is 31.0. The van der Waals surface area contributed by atoms with Gasteiger partial charge in [-0.2, -0.15) is 0 Å². The summed E-state index contributed by atoms with van der Waals surface area (Å²) in [5, 5.41) is 2.96. The van der Waals surface area contributed by atoms with E-state index in [1.807, 2.05) is 48.7 Å². The van der Waals surface area contributed by atoms with E-state index < -0.39 is 8.07 Å². The highest BCUT2D eigenvalue weighted by atomic mass is 28.3. The maximum atomic E-state index is 13.2. The van der Waals surface area contributed by atoms with Crippen LogP contribution in [0.25, 0.3) is 11.2 Å². The molecule has 0 unspecified atom stereocenters. The second-order valence-corrected chi connectivity index (χ2v) is 18.0. The maximum absolute atomic E-state index is 13.2. The fourth-order valence-corrected chi connectivity index (χ4v) is 5.73. The number of rotatable bonds is 13. The summed E-state index contributed by atoms with van der Waals surface area (Å²) >= 11 is 0. The highest BCUT2D eigenvalue weighted by molar-refractivity contribution is 6.76. The summed E-state index contributed by atoms with van der Waals surface area (Å²) in [6.07, 6.45) is 4.07. The van der Waals surface area contributed by atoms with Crippen LogP contribution < -0.4 is 10.1 Å². The molecule has 234 valence electrons. The Morgan fingerprint density at radius 3 is 2.65 bits per heavy atom. The summed E-state index contributed by atoms with van der Waals surface area (Å²) in [5.41, 5.74) is 2.34. The van der Waals surface area contributed by atoms with Crippen molar-refractivity contribution in [2.24, 2.45) is 0 Å². The lowest BCUT2D eigenvalue weighted by molar-refractivity contribution is 0.0386. The van der Waals surface area contributed by atoms with Gasteiger partial charge in [-0.3, -0.25) is 4.79 Å². The van der Waals surface area contributed by atoms with Gasteiger partial charge >= 0.3 is 6.09 Å². The van der Waals surface area contributed by atoms with E-state index >= 15 is 0 Å². The number of hydrogen-bond donors (Lipinski definition) is 1. The molecule has 2 amide bonds. The number of amides is 2. The Kier molecular flexibility index (Phi) is 11.2. The van der Waals surface area contributed by atoms with Crippen LogP contribution in [0.5, 0.6) is 5.88 Å². The molecule has 4 rings (SSSR count). The van der Waals surface area contributed by atoms with Gasteiger partial charge < -0.3 is 33.7 Å². The number of nitrogens with zero attached hydrogens (tertiary/aromatic N) is 4. The molecule has 1 fully saturated rings. The van der Waals surface area contributed by atoms with Crippen LogP contribution in [0.2, 0.25) is 25.7 Å². The molecule has 3 aromatic rings. The van der Waals surface area contributed by atoms with Crippen molar-refractivity contribution in [3.63, 3.8) is 0 Å². The number of piperidine rings is 1. The summed E-state index contributed by atoms with van der Waals surface area (Å²) in [6, 6.07) is 10.4. The van der Waals surface area contributed by atoms with Gasteiger partial charge in [0.05, 0.1) is 18.4 Å². The van der Waals surface area contributed by atoms with Crippen LogP contribution in [0.3, 0.4) is 0 Å². The predicted octanol–water partition coefficient (Wildman–Crippen LogP) is 5.08. The van der Waals surface area contributed by atoms with Gasteiger partial charge in [-0.1, -0.05) is 50.0 Å². The van der Waals surface area contributed by atoms with E-state index in [9.17, 15) is 9.59 Å². The molecule has 1 saturated heterocycles. The third-order valence-corrected chi connectivity index (χ3v) is 9.07. The lowest BCUT2D eigenvalue weighted by Gasteiger charge is -2.36. The standard InChI is InChI=1S/C31H45N5O6Si/c1-22(19-39-3)33-30(37)26-18-35(21-40-14-15-43(4,5)6)29-28(26)34-27(17-32-29)42-25-12-13-36(23(2)16-25)31(38)41-20-24-10-8-7-9-11-24/h7-11,17-18,22-23,25H,12-16,19-21H2,1-6H3,(H,33,37)/t22-,23+,25-/m0/s1. The van der Waals surface area contributed by atoms with Crippen LogP contribution in [0, 0.1) is 0 Å². The van der Waals surface area contributed by atoms with Crippen LogP contribution >= 0.6 is 0 Å². The quantitative estimate of drug-likeness (QED) is 0.210. The minimum absolute atomic E-state index is 0.0725. The van der Waals surface area contributed by atoms with Crippen LogP contribution in [0.1, 0.15) is 42.6 Å². The van der Waals surface area contributed by atoms with E-state index in [4.69, 9.17) is 23.9 Å². The predicted molar refractivity (Wildman–Crippen MR) is 167 cm³/mol. The number of nitrogens with one attached hydrogen (secondary N) is 1. The summed E-state index contributed by atoms with van der Waals surface area (Å²) in [4.78, 5) is 37.1. The number of benzene rings is 1. The lowest BCUT2D eigenvalue weighted by atomic mass is 10.0. The van der Waals surface area contributed by atoms with Crippen molar-refractivity contribution >= 4 is 31.2 Å². The second-order valence-electron chi connectivity index (χ2n) is 12.4. The Balaban J connectivity index is 1.43. The zero-order valence-electron chi connectivity index (χ0n) is 26.2. The molecule has 0 spiro atoms. The van der Waals surface area contributed by atoms with Gasteiger partial charge in [0.15, 0.2) is 5.65 Å². The minimum atomic E-state index is -1.23. The number of carbonyl (C=O) groups excluding carboxylic acids is 2. The van der Waals surface area contributed by atoms with E-state index in [0.29, 0.717) is 55.2 Å². The Labute approximate surface area is 254 Å². The second kappa shape index (κ2) is 14.8. The number of hydrogen-bond acceptors (Lipinski definition) is 8. The molecular weight excluding hydrogens is 566 g/mol. The van der Waals surface area contributed by atoms with Gasteiger partial charge in [0.25, 0.3) is 5.91 Å². The largest absolute Gasteiger partial charge is 0.473 e. The molecule has 1 aromatic carbocycles. The van der Waals surface area contributed by atoms with Crippen LogP contribution in [-0.2, 0) is 27.5 Å². The van der Waals surface area contributed by atoms with Gasteiger partial charge in [0.2, 0.25) is 5.88 Å². The van der Waals surface area contributed by atoms with Gasteiger partial charge in [-0.25, -0.2) is 14.8 Å². The summed E-state index contributed by atoms with van der Waals surface area (Å²) in [5.74, 6) is 0.0685. The first-order valence-electron chi connectivity index (χ1n) is 14.9. The topological polar surface area (TPSA) is 117 Å². The molecule has 11 nitrogen and oxygen atoms in total. The minimum Gasteiger partial charge on any atom is -0.473 e. The molecule has 2 aromatic heterocycles. The highest BCUT2D eigenvalue weighted by Crippen LogP contribution is 2.26. The number of fused-ring (bicyclic) bond motifs is 1. The zero-order valence-corrected chi connectivity index (χ0v) is 27.2. The van der Waals surface area contributed by atoms with Gasteiger partial charge in [-0.05, 0) is 25.5 Å². The molecule has 0 radical (unpaired) electrons. The normalized spacial score (nSPS) is 18.0. The number of ether oxygens (including phenoxy) is 4. The first-order chi connectivity index (χ1) is 20.5. The number of likely N-dealkylation sites (tertiary alicyclic amines) is 1. The SMILES string of the molecule is COC[C@H](C)NC(=O)c1cn(COCC[Si](C)(C)C)c2ncc(O[C@H]3CCN(C(=O)OCc4ccccc4)[C@H](C)C3)nc12. The van der Waals surface area contributed by atoms with Crippen molar-refractivity contribution in [3.05, 3.63) is 53.9 Å². The lowest BCUT2D eigenvalue weighted by Crippen LogP contribution is -2.47. The number of methoxy groups -OCH3 is 1. The molecule has 1 aliphatic heterocycles. The Bertz CT molecular complexity index is 1360. The van der Waals surface area contributed by atoms with Crippen molar-refractivity contribution in [2.45, 2.75) is 83.9 Å². The van der Waals surface area contributed by atoms with Crippen LogP contribution in [0.4, 0.5) is 4.79 Å². The molecule has 3 atom stereocenters. The molecule has 0 aliphatic carbocycles. The van der Waals surface area contributed by atoms with E-state index in [0.717, 1.165) is 11.6 Å². The summed E-state index contributed by atoms with van der Waals surface area (Å²) in [7, 11) is 0.363. The van der Waals surface area contributed by atoms with Gasteiger partial charge in [-0.15, -0.1) is 0 Å². The van der Waals surface area contributed by atoms with Crippen molar-refractivity contribution in [1.29, 1.82) is 0 Å². The average molecular weight is 612 g/mol. The maximum Gasteiger partial charge on any atom is 0.410 e. The van der Waals surface area contributed by atoms with E-state index in [2.05, 4.69) is 29.9 Å². The van der Waals surface area contributed by atoms with Crippen LogP contribution in [-0.4, -0.2) is 84.6 Å². The van der Waals surface area contributed by atoms with E-state index in [1.165, 1.54) is 0 Å².